The number of ether oxygens (including phenoxy) is 2. The molecule has 5 nitrogen and oxygen atoms in total. The molecule has 0 aliphatic carbocycles. The van der Waals surface area contributed by atoms with Gasteiger partial charge in [0.1, 0.15) is 0 Å². The van der Waals surface area contributed by atoms with Gasteiger partial charge in [0.2, 0.25) is 5.91 Å². The lowest BCUT2D eigenvalue weighted by Gasteiger charge is -2.13. The average molecular weight is 257 g/mol. The van der Waals surface area contributed by atoms with E-state index < -0.39 is 10.8 Å². The van der Waals surface area contributed by atoms with Gasteiger partial charge in [-0.1, -0.05) is 0 Å². The van der Waals surface area contributed by atoms with E-state index in [4.69, 9.17) is 9.47 Å². The molecule has 1 rings (SSSR count). The van der Waals surface area contributed by atoms with Crippen molar-refractivity contribution in [1.29, 1.82) is 0 Å². The van der Waals surface area contributed by atoms with Crippen LogP contribution in [0.1, 0.15) is 6.92 Å². The minimum Gasteiger partial charge on any atom is -0.493 e. The molecule has 6 heteroatoms. The number of amides is 1. The normalized spacial score (nSPS) is 11.8. The first kappa shape index (κ1) is 13.5. The van der Waals surface area contributed by atoms with Crippen molar-refractivity contribution in [2.24, 2.45) is 0 Å². The molecule has 1 atom stereocenters. The maximum atomic E-state index is 11.6. The summed E-state index contributed by atoms with van der Waals surface area (Å²) in [6.45, 7) is 1.39. The highest BCUT2D eigenvalue weighted by Gasteiger charge is 2.14. The first-order valence-corrected chi connectivity index (χ1v) is 6.42. The summed E-state index contributed by atoms with van der Waals surface area (Å²) in [6.07, 6.45) is 1.53. The SMILES string of the molecule is COc1cc(NC(C)=O)c(S(C)=O)cc1OC. The van der Waals surface area contributed by atoms with Crippen LogP contribution in [0.2, 0.25) is 0 Å². The van der Waals surface area contributed by atoms with Gasteiger partial charge in [0.15, 0.2) is 11.5 Å². The van der Waals surface area contributed by atoms with Crippen LogP contribution in [0.15, 0.2) is 17.0 Å². The Morgan fingerprint density at radius 2 is 1.76 bits per heavy atom. The lowest BCUT2D eigenvalue weighted by Crippen LogP contribution is -2.09. The van der Waals surface area contributed by atoms with Crippen molar-refractivity contribution in [2.45, 2.75) is 11.8 Å². The molecule has 1 aromatic carbocycles. The first-order chi connectivity index (χ1) is 7.99. The van der Waals surface area contributed by atoms with Gasteiger partial charge < -0.3 is 14.8 Å². The Hall–Kier alpha value is -1.56. The molecule has 0 saturated heterocycles. The number of hydrogen-bond donors (Lipinski definition) is 1. The molecule has 1 aromatic rings. The highest BCUT2D eigenvalue weighted by atomic mass is 32.2. The summed E-state index contributed by atoms with van der Waals surface area (Å²) in [5, 5.41) is 2.61. The first-order valence-electron chi connectivity index (χ1n) is 4.86. The van der Waals surface area contributed by atoms with Gasteiger partial charge >= 0.3 is 0 Å². The maximum Gasteiger partial charge on any atom is 0.221 e. The summed E-state index contributed by atoms with van der Waals surface area (Å²) >= 11 is 0. The van der Waals surface area contributed by atoms with Crippen LogP contribution in [0, 0.1) is 0 Å². The predicted octanol–water partition coefficient (Wildman–Crippen LogP) is 1.40. The molecular formula is C11H15NO4S. The van der Waals surface area contributed by atoms with E-state index in [0.29, 0.717) is 22.1 Å². The van der Waals surface area contributed by atoms with Crippen molar-refractivity contribution in [3.63, 3.8) is 0 Å². The average Bonchev–Trinajstić information content (AvgIpc) is 2.27. The van der Waals surface area contributed by atoms with Crippen LogP contribution in [0.5, 0.6) is 11.5 Å². The Balaban J connectivity index is 3.34. The lowest BCUT2D eigenvalue weighted by molar-refractivity contribution is -0.114. The molecule has 1 amide bonds. The second-order valence-corrected chi connectivity index (χ2v) is 4.69. The molecule has 0 aromatic heterocycles. The van der Waals surface area contributed by atoms with E-state index >= 15 is 0 Å². The van der Waals surface area contributed by atoms with Crippen LogP contribution in [0.25, 0.3) is 0 Å². The standard InChI is InChI=1S/C11H15NO4S/c1-7(13)12-8-5-9(15-2)10(16-3)6-11(8)17(4)14/h5-6H,1-4H3,(H,12,13). The fourth-order valence-electron chi connectivity index (χ4n) is 1.39. The molecule has 0 bridgehead atoms. The van der Waals surface area contributed by atoms with Gasteiger partial charge in [-0.15, -0.1) is 0 Å². The van der Waals surface area contributed by atoms with Crippen molar-refractivity contribution in [3.05, 3.63) is 12.1 Å². The number of anilines is 1. The third kappa shape index (κ3) is 3.20. The van der Waals surface area contributed by atoms with E-state index in [1.54, 1.807) is 12.1 Å². The number of benzene rings is 1. The molecule has 94 valence electrons. The molecule has 1 unspecified atom stereocenters. The van der Waals surface area contributed by atoms with Gasteiger partial charge in [0.05, 0.1) is 35.6 Å². The number of methoxy groups -OCH3 is 2. The summed E-state index contributed by atoms with van der Waals surface area (Å²) in [5.41, 5.74) is 0.469. The number of hydrogen-bond acceptors (Lipinski definition) is 4. The summed E-state index contributed by atoms with van der Waals surface area (Å²) in [6, 6.07) is 3.19. The zero-order chi connectivity index (χ0) is 13.0. The Labute approximate surface area is 103 Å². The molecule has 0 aliphatic heterocycles. The summed E-state index contributed by atoms with van der Waals surface area (Å²) in [7, 11) is 1.77. The molecule has 0 heterocycles. The van der Waals surface area contributed by atoms with Gasteiger partial charge in [-0.05, 0) is 0 Å². The van der Waals surface area contributed by atoms with Crippen LogP contribution in [0.4, 0.5) is 5.69 Å². The molecular weight excluding hydrogens is 242 g/mol. The smallest absolute Gasteiger partial charge is 0.221 e. The Kier molecular flexibility index (Phi) is 4.51. The van der Waals surface area contributed by atoms with Gasteiger partial charge in [0, 0.05) is 25.3 Å². The zero-order valence-electron chi connectivity index (χ0n) is 10.2. The van der Waals surface area contributed by atoms with Crippen molar-refractivity contribution >= 4 is 22.4 Å². The van der Waals surface area contributed by atoms with E-state index in [-0.39, 0.29) is 5.91 Å². The van der Waals surface area contributed by atoms with Crippen molar-refractivity contribution in [2.75, 3.05) is 25.8 Å². The van der Waals surface area contributed by atoms with Gasteiger partial charge in [-0.3, -0.25) is 9.00 Å². The molecule has 0 fully saturated rings. The summed E-state index contributed by atoms with van der Waals surface area (Å²) < 4.78 is 21.8. The second kappa shape index (κ2) is 5.67. The van der Waals surface area contributed by atoms with Crippen LogP contribution >= 0.6 is 0 Å². The monoisotopic (exact) mass is 257 g/mol. The molecule has 0 spiro atoms. The van der Waals surface area contributed by atoms with Gasteiger partial charge in [-0.2, -0.15) is 0 Å². The summed E-state index contributed by atoms with van der Waals surface area (Å²) in [4.78, 5) is 11.6. The molecule has 0 aliphatic rings. The van der Waals surface area contributed by atoms with Crippen molar-refractivity contribution < 1.29 is 18.5 Å². The van der Waals surface area contributed by atoms with Crippen LogP contribution < -0.4 is 14.8 Å². The van der Waals surface area contributed by atoms with E-state index in [1.165, 1.54) is 27.4 Å². The Bertz CT molecular complexity index is 459. The maximum absolute atomic E-state index is 11.6. The highest BCUT2D eigenvalue weighted by molar-refractivity contribution is 7.84. The van der Waals surface area contributed by atoms with E-state index in [1.807, 2.05) is 0 Å². The third-order valence-corrected chi connectivity index (χ3v) is 3.06. The minimum atomic E-state index is -1.23. The van der Waals surface area contributed by atoms with E-state index in [9.17, 15) is 9.00 Å². The third-order valence-electron chi connectivity index (χ3n) is 2.11. The van der Waals surface area contributed by atoms with E-state index in [2.05, 4.69) is 5.32 Å². The van der Waals surface area contributed by atoms with Crippen molar-refractivity contribution in [3.8, 4) is 11.5 Å². The Morgan fingerprint density at radius 1 is 1.24 bits per heavy atom. The van der Waals surface area contributed by atoms with Crippen LogP contribution in [-0.2, 0) is 15.6 Å². The number of nitrogens with one attached hydrogen (secondary N) is 1. The second-order valence-electron chi connectivity index (χ2n) is 3.34. The number of carbonyl (C=O) groups excluding carboxylic acids is 1. The molecule has 1 N–H and O–H groups in total. The van der Waals surface area contributed by atoms with Gasteiger partial charge in [-0.25, -0.2) is 0 Å². The lowest BCUT2D eigenvalue weighted by atomic mass is 10.2. The number of carbonyl (C=O) groups is 1. The quantitative estimate of drug-likeness (QED) is 0.885. The highest BCUT2D eigenvalue weighted by Crippen LogP contribution is 2.34. The molecule has 0 radical (unpaired) electrons. The molecule has 17 heavy (non-hydrogen) atoms. The Morgan fingerprint density at radius 3 is 2.18 bits per heavy atom. The van der Waals surface area contributed by atoms with Gasteiger partial charge in [0.25, 0.3) is 0 Å². The molecule has 0 saturated carbocycles. The van der Waals surface area contributed by atoms with Crippen molar-refractivity contribution in [1.82, 2.24) is 0 Å². The topological polar surface area (TPSA) is 64.6 Å². The fraction of sp³-hybridized carbons (Fsp3) is 0.364. The number of rotatable bonds is 4. The van der Waals surface area contributed by atoms with E-state index in [0.717, 1.165) is 0 Å². The largest absolute Gasteiger partial charge is 0.493 e. The predicted molar refractivity (Wildman–Crippen MR) is 66.2 cm³/mol. The van der Waals surface area contributed by atoms with Crippen LogP contribution in [0.3, 0.4) is 0 Å². The minimum absolute atomic E-state index is 0.232. The summed E-state index contributed by atoms with van der Waals surface area (Å²) in [5.74, 6) is 0.723. The van der Waals surface area contributed by atoms with Crippen LogP contribution in [-0.4, -0.2) is 30.6 Å². The fourth-order valence-corrected chi connectivity index (χ4v) is 2.08. The zero-order valence-corrected chi connectivity index (χ0v) is 11.0.